The Bertz CT molecular complexity index is 805. The molecule has 0 saturated heterocycles. The third-order valence-corrected chi connectivity index (χ3v) is 9.34. The summed E-state index contributed by atoms with van der Waals surface area (Å²) >= 11 is 0. The lowest BCUT2D eigenvalue weighted by Crippen LogP contribution is -2.57. The van der Waals surface area contributed by atoms with Gasteiger partial charge in [0.05, 0.1) is 0 Å². The van der Waals surface area contributed by atoms with E-state index in [2.05, 4.69) is 33.4 Å². The minimum absolute atomic E-state index is 0.0378. The molecule has 3 nitrogen and oxygen atoms in total. The molecule has 28 heavy (non-hydrogen) atoms. The number of aliphatic hydroxyl groups is 1. The molecule has 0 aromatic heterocycles. The van der Waals surface area contributed by atoms with Gasteiger partial charge in [-0.15, -0.1) is 6.58 Å². The molecule has 0 heterocycles. The van der Waals surface area contributed by atoms with Crippen LogP contribution in [0.25, 0.3) is 0 Å². The van der Waals surface area contributed by atoms with Crippen LogP contribution >= 0.6 is 0 Å². The molecule has 0 bridgehead atoms. The zero-order chi connectivity index (χ0) is 20.5. The quantitative estimate of drug-likeness (QED) is 0.713. The average Bonchev–Trinajstić information content (AvgIpc) is 2.90. The first-order chi connectivity index (χ1) is 13.1. The Morgan fingerprint density at radius 2 is 1.96 bits per heavy atom. The molecule has 7 atom stereocenters. The SMILES string of the molecule is C=CCC1CC(=O)C=C2C(C)=C[C@H]3[C@@H]4CC[C@](O)(C(C)=O)[C@@]4(C)CC[C@@H]3[C@]21C. The van der Waals surface area contributed by atoms with Gasteiger partial charge in [0.2, 0.25) is 0 Å². The third kappa shape index (κ3) is 2.32. The number of Topliss-reactive ketones (excluding diaryl/α,β-unsaturated/α-hetero) is 1. The summed E-state index contributed by atoms with van der Waals surface area (Å²) in [6, 6.07) is 0. The zero-order valence-electron chi connectivity index (χ0n) is 17.8. The highest BCUT2D eigenvalue weighted by Crippen LogP contribution is 2.68. The smallest absolute Gasteiger partial charge is 0.161 e. The lowest BCUT2D eigenvalue weighted by Gasteiger charge is -2.59. The van der Waals surface area contributed by atoms with Crippen LogP contribution in [0.15, 0.2) is 36.0 Å². The van der Waals surface area contributed by atoms with Crippen LogP contribution < -0.4 is 0 Å². The van der Waals surface area contributed by atoms with Crippen LogP contribution in [0.4, 0.5) is 0 Å². The monoisotopic (exact) mass is 382 g/mol. The van der Waals surface area contributed by atoms with E-state index >= 15 is 0 Å². The summed E-state index contributed by atoms with van der Waals surface area (Å²) in [5.41, 5.74) is 0.856. The Hall–Kier alpha value is -1.48. The van der Waals surface area contributed by atoms with Crippen LogP contribution in [0.3, 0.4) is 0 Å². The summed E-state index contributed by atoms with van der Waals surface area (Å²) < 4.78 is 0. The number of allylic oxidation sites excluding steroid dienone is 5. The number of rotatable bonds is 3. The van der Waals surface area contributed by atoms with Gasteiger partial charge in [-0.2, -0.15) is 0 Å². The highest BCUT2D eigenvalue weighted by molar-refractivity contribution is 5.93. The average molecular weight is 383 g/mol. The molecule has 2 saturated carbocycles. The number of hydrogen-bond donors (Lipinski definition) is 1. The highest BCUT2D eigenvalue weighted by Gasteiger charge is 2.66. The Morgan fingerprint density at radius 1 is 1.29 bits per heavy atom. The van der Waals surface area contributed by atoms with E-state index in [-0.39, 0.29) is 28.3 Å². The molecule has 4 aliphatic carbocycles. The van der Waals surface area contributed by atoms with E-state index in [4.69, 9.17) is 0 Å². The van der Waals surface area contributed by atoms with Crippen LogP contribution in [0, 0.1) is 34.5 Å². The first-order valence-electron chi connectivity index (χ1n) is 10.9. The second-order valence-corrected chi connectivity index (χ2v) is 10.3. The molecule has 0 aliphatic heterocycles. The first-order valence-corrected chi connectivity index (χ1v) is 10.9. The van der Waals surface area contributed by atoms with Crippen LogP contribution in [0.2, 0.25) is 0 Å². The molecule has 0 aromatic rings. The largest absolute Gasteiger partial charge is 0.382 e. The molecule has 1 N–H and O–H groups in total. The molecule has 4 rings (SSSR count). The Balaban J connectivity index is 1.82. The van der Waals surface area contributed by atoms with E-state index in [1.807, 2.05) is 12.2 Å². The van der Waals surface area contributed by atoms with Crippen LogP contribution in [0.5, 0.6) is 0 Å². The first kappa shape index (κ1) is 19.8. The van der Waals surface area contributed by atoms with Gasteiger partial charge in [0.15, 0.2) is 11.6 Å². The molecular formula is C25H34O3. The zero-order valence-corrected chi connectivity index (χ0v) is 17.8. The van der Waals surface area contributed by atoms with Gasteiger partial charge in [0, 0.05) is 11.8 Å². The van der Waals surface area contributed by atoms with E-state index in [9.17, 15) is 14.7 Å². The van der Waals surface area contributed by atoms with Crippen LogP contribution in [0.1, 0.15) is 66.2 Å². The van der Waals surface area contributed by atoms with Gasteiger partial charge in [-0.3, -0.25) is 9.59 Å². The van der Waals surface area contributed by atoms with Crippen molar-refractivity contribution in [2.24, 2.45) is 34.5 Å². The summed E-state index contributed by atoms with van der Waals surface area (Å²) in [6.45, 7) is 12.2. The molecule has 0 amide bonds. The van der Waals surface area contributed by atoms with E-state index in [0.29, 0.717) is 30.6 Å². The lowest BCUT2D eigenvalue weighted by atomic mass is 9.44. The lowest BCUT2D eigenvalue weighted by molar-refractivity contribution is -0.157. The molecule has 0 aromatic carbocycles. The Morgan fingerprint density at radius 3 is 2.61 bits per heavy atom. The van der Waals surface area contributed by atoms with Crippen molar-refractivity contribution in [2.45, 2.75) is 71.8 Å². The Labute approximate surface area is 169 Å². The van der Waals surface area contributed by atoms with Crippen molar-refractivity contribution >= 4 is 11.6 Å². The van der Waals surface area contributed by atoms with E-state index < -0.39 is 5.60 Å². The summed E-state index contributed by atoms with van der Waals surface area (Å²) in [7, 11) is 0. The van der Waals surface area contributed by atoms with Crippen molar-refractivity contribution in [3.8, 4) is 0 Å². The fourth-order valence-corrected chi connectivity index (χ4v) is 7.72. The molecule has 2 fully saturated rings. The van der Waals surface area contributed by atoms with Crippen molar-refractivity contribution in [2.75, 3.05) is 0 Å². The van der Waals surface area contributed by atoms with Gasteiger partial charge in [-0.05, 0) is 86.7 Å². The van der Waals surface area contributed by atoms with Gasteiger partial charge < -0.3 is 5.11 Å². The van der Waals surface area contributed by atoms with Crippen molar-refractivity contribution in [1.29, 1.82) is 0 Å². The van der Waals surface area contributed by atoms with Gasteiger partial charge in [0.25, 0.3) is 0 Å². The third-order valence-electron chi connectivity index (χ3n) is 9.34. The van der Waals surface area contributed by atoms with Crippen molar-refractivity contribution in [3.63, 3.8) is 0 Å². The molecule has 0 spiro atoms. The maximum Gasteiger partial charge on any atom is 0.161 e. The summed E-state index contributed by atoms with van der Waals surface area (Å²) in [5, 5.41) is 11.3. The van der Waals surface area contributed by atoms with E-state index in [1.54, 1.807) is 6.92 Å². The van der Waals surface area contributed by atoms with E-state index in [0.717, 1.165) is 25.7 Å². The highest BCUT2D eigenvalue weighted by atomic mass is 16.3. The molecule has 4 aliphatic rings. The maximum atomic E-state index is 12.4. The molecule has 3 heteroatoms. The van der Waals surface area contributed by atoms with Gasteiger partial charge in [-0.25, -0.2) is 0 Å². The number of carbonyl (C=O) groups is 2. The normalized spacial score (nSPS) is 47.4. The summed E-state index contributed by atoms with van der Waals surface area (Å²) in [5.74, 6) is 1.56. The summed E-state index contributed by atoms with van der Waals surface area (Å²) in [4.78, 5) is 24.8. The summed E-state index contributed by atoms with van der Waals surface area (Å²) in [6.07, 6.45) is 11.0. The fourth-order valence-electron chi connectivity index (χ4n) is 7.72. The van der Waals surface area contributed by atoms with Gasteiger partial charge in [0.1, 0.15) is 5.60 Å². The predicted octanol–water partition coefficient (Wildman–Crippen LogP) is 4.81. The number of fused-ring (bicyclic) bond motifs is 5. The van der Waals surface area contributed by atoms with Gasteiger partial charge in [-0.1, -0.05) is 31.6 Å². The van der Waals surface area contributed by atoms with Crippen molar-refractivity contribution in [3.05, 3.63) is 36.0 Å². The number of carbonyl (C=O) groups excluding carboxylic acids is 2. The standard InChI is InChI=1S/C25H34O3/c1-6-7-17-13-18(27)14-22-15(2)12-19-20-9-11-25(28,16(3)26)23(20,4)10-8-21(19)24(17,22)5/h6,12,14,17,19-21,28H,1,7-11,13H2,2-5H3/t17?,19-,20-,21-,23-,24+,25-/m0/s1. The number of ketones is 2. The van der Waals surface area contributed by atoms with Gasteiger partial charge >= 0.3 is 0 Å². The maximum absolute atomic E-state index is 12.4. The fraction of sp³-hybridized carbons (Fsp3) is 0.680. The topological polar surface area (TPSA) is 54.4 Å². The second-order valence-electron chi connectivity index (χ2n) is 10.3. The number of hydrogen-bond acceptors (Lipinski definition) is 3. The van der Waals surface area contributed by atoms with E-state index in [1.165, 1.54) is 11.1 Å². The second kappa shape index (κ2) is 6.26. The Kier molecular flexibility index (Phi) is 4.43. The molecule has 1 unspecified atom stereocenters. The minimum Gasteiger partial charge on any atom is -0.382 e. The van der Waals surface area contributed by atoms with Crippen LogP contribution in [-0.2, 0) is 9.59 Å². The predicted molar refractivity (Wildman–Crippen MR) is 111 cm³/mol. The minimum atomic E-state index is -1.19. The molecule has 152 valence electrons. The van der Waals surface area contributed by atoms with Crippen LogP contribution in [-0.4, -0.2) is 22.3 Å². The van der Waals surface area contributed by atoms with Crippen molar-refractivity contribution in [1.82, 2.24) is 0 Å². The molecular weight excluding hydrogens is 348 g/mol. The van der Waals surface area contributed by atoms with Crippen molar-refractivity contribution < 1.29 is 14.7 Å². The molecule has 0 radical (unpaired) electrons.